The summed E-state index contributed by atoms with van der Waals surface area (Å²) in [4.78, 5) is 8.01. The lowest BCUT2D eigenvalue weighted by Crippen LogP contribution is -2.17. The van der Waals surface area contributed by atoms with Gasteiger partial charge in [-0.1, -0.05) is 0 Å². The van der Waals surface area contributed by atoms with Crippen LogP contribution in [0.25, 0.3) is 0 Å². The van der Waals surface area contributed by atoms with Crippen LogP contribution in [0, 0.1) is 0 Å². The normalized spacial score (nSPS) is 20.2. The Bertz CT molecular complexity index is 315. The molecule has 1 aromatic heterocycles. The number of anilines is 1. The fourth-order valence-electron chi connectivity index (χ4n) is 1.44. The van der Waals surface area contributed by atoms with Gasteiger partial charge in [0, 0.05) is 6.61 Å². The van der Waals surface area contributed by atoms with Gasteiger partial charge in [-0.15, -0.1) is 0 Å². The van der Waals surface area contributed by atoms with Crippen LogP contribution in [-0.4, -0.2) is 29.3 Å². The van der Waals surface area contributed by atoms with Crippen molar-refractivity contribution in [3.8, 4) is 5.88 Å². The predicted molar refractivity (Wildman–Crippen MR) is 54.3 cm³/mol. The van der Waals surface area contributed by atoms with Crippen LogP contribution in [0.4, 0.5) is 5.82 Å². The first kappa shape index (κ1) is 10.1. The Morgan fingerprint density at radius 1 is 1.60 bits per heavy atom. The minimum atomic E-state index is 0.182. The van der Waals surface area contributed by atoms with E-state index in [0.29, 0.717) is 18.3 Å². The molecule has 0 amide bonds. The largest absolute Gasteiger partial charge is 0.474 e. The molecule has 1 saturated heterocycles. The van der Waals surface area contributed by atoms with Gasteiger partial charge in [0.1, 0.15) is 6.61 Å². The van der Waals surface area contributed by atoms with Gasteiger partial charge in [-0.25, -0.2) is 5.84 Å². The number of ether oxygens (including phenoxy) is 2. The number of hydrazine groups is 1. The minimum absolute atomic E-state index is 0.182. The molecule has 0 saturated carbocycles. The lowest BCUT2D eigenvalue weighted by molar-refractivity contribution is 0.0662. The third-order valence-corrected chi connectivity index (χ3v) is 2.20. The molecule has 1 aliphatic rings. The smallest absolute Gasteiger partial charge is 0.234 e. The Labute approximate surface area is 87.8 Å². The van der Waals surface area contributed by atoms with Crippen LogP contribution in [0.3, 0.4) is 0 Å². The van der Waals surface area contributed by atoms with E-state index < -0.39 is 0 Å². The molecule has 15 heavy (non-hydrogen) atoms. The van der Waals surface area contributed by atoms with E-state index in [4.69, 9.17) is 15.3 Å². The van der Waals surface area contributed by atoms with Crippen LogP contribution in [0.1, 0.15) is 12.8 Å². The summed E-state index contributed by atoms with van der Waals surface area (Å²) < 4.78 is 10.9. The number of hydrogen-bond acceptors (Lipinski definition) is 6. The molecule has 3 N–H and O–H groups in total. The summed E-state index contributed by atoms with van der Waals surface area (Å²) >= 11 is 0. The molecule has 1 aliphatic heterocycles. The molecule has 6 nitrogen and oxygen atoms in total. The summed E-state index contributed by atoms with van der Waals surface area (Å²) in [6, 6.07) is 0. The molecule has 2 rings (SSSR count). The van der Waals surface area contributed by atoms with Gasteiger partial charge in [0.15, 0.2) is 5.82 Å². The molecule has 0 bridgehead atoms. The highest BCUT2D eigenvalue weighted by Gasteiger charge is 2.16. The number of nitrogens with one attached hydrogen (secondary N) is 1. The summed E-state index contributed by atoms with van der Waals surface area (Å²) in [5.41, 5.74) is 2.41. The van der Waals surface area contributed by atoms with Crippen LogP contribution in [0.2, 0.25) is 0 Å². The molecule has 0 aromatic carbocycles. The average Bonchev–Trinajstić information content (AvgIpc) is 2.79. The molecule has 0 aliphatic carbocycles. The second-order valence-electron chi connectivity index (χ2n) is 3.33. The van der Waals surface area contributed by atoms with Gasteiger partial charge < -0.3 is 14.9 Å². The Morgan fingerprint density at radius 2 is 2.53 bits per heavy atom. The maximum atomic E-state index is 5.44. The van der Waals surface area contributed by atoms with Crippen molar-refractivity contribution in [3.63, 3.8) is 0 Å². The number of nitrogen functional groups attached to an aromatic ring is 1. The average molecular weight is 210 g/mol. The summed E-state index contributed by atoms with van der Waals surface area (Å²) in [7, 11) is 0. The Hall–Kier alpha value is -1.40. The van der Waals surface area contributed by atoms with E-state index in [9.17, 15) is 0 Å². The summed E-state index contributed by atoms with van der Waals surface area (Å²) in [6.07, 6.45) is 5.41. The van der Waals surface area contributed by atoms with Gasteiger partial charge in [0.2, 0.25) is 5.88 Å². The summed E-state index contributed by atoms with van der Waals surface area (Å²) in [6.45, 7) is 1.34. The predicted octanol–water partition coefficient (Wildman–Crippen LogP) is 0.320. The van der Waals surface area contributed by atoms with E-state index >= 15 is 0 Å². The van der Waals surface area contributed by atoms with E-state index in [1.807, 2.05) is 0 Å². The van der Waals surface area contributed by atoms with Gasteiger partial charge in [-0.05, 0) is 12.8 Å². The van der Waals surface area contributed by atoms with Crippen molar-refractivity contribution in [2.24, 2.45) is 5.84 Å². The van der Waals surface area contributed by atoms with Crippen molar-refractivity contribution < 1.29 is 9.47 Å². The third-order valence-electron chi connectivity index (χ3n) is 2.20. The number of aromatic nitrogens is 2. The van der Waals surface area contributed by atoms with E-state index in [-0.39, 0.29) is 6.10 Å². The van der Waals surface area contributed by atoms with Crippen molar-refractivity contribution in [2.75, 3.05) is 18.6 Å². The first-order chi connectivity index (χ1) is 7.38. The third kappa shape index (κ3) is 2.77. The van der Waals surface area contributed by atoms with Crippen molar-refractivity contribution in [1.29, 1.82) is 0 Å². The van der Waals surface area contributed by atoms with E-state index in [0.717, 1.165) is 19.4 Å². The van der Waals surface area contributed by atoms with Crippen molar-refractivity contribution in [3.05, 3.63) is 12.4 Å². The molecule has 1 atom stereocenters. The van der Waals surface area contributed by atoms with Gasteiger partial charge in [-0.2, -0.15) is 4.98 Å². The molecule has 1 unspecified atom stereocenters. The lowest BCUT2D eigenvalue weighted by Gasteiger charge is -2.10. The van der Waals surface area contributed by atoms with Crippen LogP contribution in [-0.2, 0) is 4.74 Å². The molecule has 0 spiro atoms. The summed E-state index contributed by atoms with van der Waals surface area (Å²) in [5.74, 6) is 6.15. The molecule has 82 valence electrons. The Balaban J connectivity index is 1.86. The van der Waals surface area contributed by atoms with Gasteiger partial charge >= 0.3 is 0 Å². The fraction of sp³-hybridized carbons (Fsp3) is 0.556. The highest BCUT2D eigenvalue weighted by Crippen LogP contribution is 2.14. The van der Waals surface area contributed by atoms with E-state index in [1.54, 1.807) is 6.20 Å². The minimum Gasteiger partial charge on any atom is -0.474 e. The zero-order valence-corrected chi connectivity index (χ0v) is 8.35. The Morgan fingerprint density at radius 3 is 3.27 bits per heavy atom. The van der Waals surface area contributed by atoms with Crippen LogP contribution in [0.5, 0.6) is 5.88 Å². The molecule has 0 radical (unpaired) electrons. The highest BCUT2D eigenvalue weighted by molar-refractivity contribution is 5.31. The fourth-order valence-corrected chi connectivity index (χ4v) is 1.44. The summed E-state index contributed by atoms with van der Waals surface area (Å²) in [5, 5.41) is 0. The SMILES string of the molecule is NNc1cncc(OCC2CCCO2)n1. The molecule has 6 heteroatoms. The molecular formula is C9H14N4O2. The van der Waals surface area contributed by atoms with E-state index in [2.05, 4.69) is 15.4 Å². The number of hydrogen-bond donors (Lipinski definition) is 2. The highest BCUT2D eigenvalue weighted by atomic mass is 16.5. The Kier molecular flexibility index (Phi) is 3.31. The van der Waals surface area contributed by atoms with E-state index in [1.165, 1.54) is 6.20 Å². The quantitative estimate of drug-likeness (QED) is 0.550. The lowest BCUT2D eigenvalue weighted by atomic mass is 10.2. The zero-order valence-electron chi connectivity index (χ0n) is 8.35. The first-order valence-electron chi connectivity index (χ1n) is 4.91. The number of nitrogens with zero attached hydrogens (tertiary/aromatic N) is 2. The maximum absolute atomic E-state index is 5.44. The van der Waals surface area contributed by atoms with Crippen LogP contribution < -0.4 is 16.0 Å². The maximum Gasteiger partial charge on any atom is 0.234 e. The van der Waals surface area contributed by atoms with Crippen LogP contribution >= 0.6 is 0 Å². The topological polar surface area (TPSA) is 82.3 Å². The monoisotopic (exact) mass is 210 g/mol. The first-order valence-corrected chi connectivity index (χ1v) is 4.91. The van der Waals surface area contributed by atoms with Gasteiger partial charge in [-0.3, -0.25) is 4.98 Å². The number of rotatable bonds is 4. The standard InChI is InChI=1S/C9H14N4O2/c10-13-8-4-11-5-9(12-8)15-6-7-2-1-3-14-7/h4-5,7H,1-3,6,10H2,(H,12,13). The second kappa shape index (κ2) is 4.90. The van der Waals surface area contributed by atoms with Gasteiger partial charge in [0.25, 0.3) is 0 Å². The van der Waals surface area contributed by atoms with Crippen molar-refractivity contribution in [2.45, 2.75) is 18.9 Å². The van der Waals surface area contributed by atoms with Crippen LogP contribution in [0.15, 0.2) is 12.4 Å². The number of nitrogens with two attached hydrogens (primary N) is 1. The zero-order chi connectivity index (χ0) is 10.5. The molecule has 1 aromatic rings. The molecule has 1 fully saturated rings. The van der Waals surface area contributed by atoms with Crippen molar-refractivity contribution in [1.82, 2.24) is 9.97 Å². The second-order valence-corrected chi connectivity index (χ2v) is 3.33. The molecular weight excluding hydrogens is 196 g/mol. The van der Waals surface area contributed by atoms with Crippen molar-refractivity contribution >= 4 is 5.82 Å². The van der Waals surface area contributed by atoms with Gasteiger partial charge in [0.05, 0.1) is 18.5 Å². The molecule has 2 heterocycles.